The van der Waals surface area contributed by atoms with E-state index in [9.17, 15) is 9.59 Å². The summed E-state index contributed by atoms with van der Waals surface area (Å²) in [7, 11) is 0. The average Bonchev–Trinajstić information content (AvgIpc) is 2.29. The van der Waals surface area contributed by atoms with Crippen LogP contribution in [0, 0.1) is 0 Å². The van der Waals surface area contributed by atoms with Gasteiger partial charge in [-0.3, -0.25) is 9.59 Å². The second-order valence-electron chi connectivity index (χ2n) is 3.29. The van der Waals surface area contributed by atoms with Crippen LogP contribution in [-0.2, 0) is 16.2 Å². The molecule has 0 aromatic heterocycles. The van der Waals surface area contributed by atoms with Crippen LogP contribution < -0.4 is 5.32 Å². The molecule has 6 heteroatoms. The minimum absolute atomic E-state index is 0.0390. The van der Waals surface area contributed by atoms with Crippen LogP contribution in [0.2, 0.25) is 0 Å². The zero-order valence-corrected chi connectivity index (χ0v) is 9.87. The molecule has 1 aromatic rings. The number of benzene rings is 1. The Kier molecular flexibility index (Phi) is 5.51. The summed E-state index contributed by atoms with van der Waals surface area (Å²) in [5.74, 6) is -1.16. The summed E-state index contributed by atoms with van der Waals surface area (Å²) in [5.41, 5.74) is 1.39. The highest BCUT2D eigenvalue weighted by atomic mass is 32.2. The molecule has 1 rings (SSSR count). The molecule has 0 saturated carbocycles. The summed E-state index contributed by atoms with van der Waals surface area (Å²) in [6, 6.07) is 6.79. The van der Waals surface area contributed by atoms with Crippen molar-refractivity contribution < 1.29 is 19.8 Å². The fourth-order valence-electron chi connectivity index (χ4n) is 1.12. The lowest BCUT2D eigenvalue weighted by atomic mass is 10.2. The Morgan fingerprint density at radius 1 is 1.18 bits per heavy atom. The number of carbonyl (C=O) groups is 2. The molecule has 0 aliphatic rings. The molecule has 0 radical (unpaired) electrons. The van der Waals surface area contributed by atoms with Gasteiger partial charge in [-0.05, 0) is 17.7 Å². The van der Waals surface area contributed by atoms with Crippen molar-refractivity contribution in [3.05, 3.63) is 29.8 Å². The molecule has 0 bridgehead atoms. The monoisotopic (exact) mass is 255 g/mol. The van der Waals surface area contributed by atoms with Gasteiger partial charge in [0.05, 0.1) is 18.1 Å². The molecule has 0 saturated heterocycles. The van der Waals surface area contributed by atoms with E-state index in [-0.39, 0.29) is 24.0 Å². The molecule has 5 nitrogen and oxygen atoms in total. The van der Waals surface area contributed by atoms with E-state index in [4.69, 9.17) is 10.2 Å². The van der Waals surface area contributed by atoms with E-state index >= 15 is 0 Å². The van der Waals surface area contributed by atoms with Gasteiger partial charge < -0.3 is 15.5 Å². The van der Waals surface area contributed by atoms with Gasteiger partial charge >= 0.3 is 5.97 Å². The molecule has 0 aliphatic heterocycles. The topological polar surface area (TPSA) is 86.6 Å². The summed E-state index contributed by atoms with van der Waals surface area (Å²) in [4.78, 5) is 21.6. The Balaban J connectivity index is 2.37. The second-order valence-corrected chi connectivity index (χ2v) is 4.28. The molecule has 0 spiro atoms. The third-order valence-electron chi connectivity index (χ3n) is 1.88. The minimum Gasteiger partial charge on any atom is -0.481 e. The summed E-state index contributed by atoms with van der Waals surface area (Å²) < 4.78 is 0. The lowest BCUT2D eigenvalue weighted by Crippen LogP contribution is -2.15. The summed E-state index contributed by atoms with van der Waals surface area (Å²) in [5, 5.41) is 19.9. The van der Waals surface area contributed by atoms with Crippen molar-refractivity contribution in [1.82, 2.24) is 0 Å². The number of aliphatic hydroxyl groups is 1. The van der Waals surface area contributed by atoms with Gasteiger partial charge in [0.1, 0.15) is 0 Å². The van der Waals surface area contributed by atoms with Crippen molar-refractivity contribution in [2.24, 2.45) is 0 Å². The Hall–Kier alpha value is -1.53. The first-order valence-corrected chi connectivity index (χ1v) is 6.06. The van der Waals surface area contributed by atoms with Crippen LogP contribution in [-0.4, -0.2) is 33.6 Å². The van der Waals surface area contributed by atoms with Gasteiger partial charge in [0.25, 0.3) is 0 Å². The fraction of sp³-hybridized carbons (Fsp3) is 0.273. The molecule has 1 amide bonds. The van der Waals surface area contributed by atoms with Crippen molar-refractivity contribution in [1.29, 1.82) is 0 Å². The van der Waals surface area contributed by atoms with Gasteiger partial charge in [-0.15, -0.1) is 11.8 Å². The smallest absolute Gasteiger partial charge is 0.313 e. The standard InChI is InChI=1S/C11H13NO4S/c13-5-8-1-3-9(4-2-8)12-10(14)6-17-7-11(15)16/h1-4,13H,5-7H2,(H,12,14)(H,15,16). The first kappa shape index (κ1) is 13.5. The molecule has 3 N–H and O–H groups in total. The number of nitrogens with one attached hydrogen (secondary N) is 1. The molecule has 17 heavy (non-hydrogen) atoms. The molecule has 1 aromatic carbocycles. The van der Waals surface area contributed by atoms with Gasteiger partial charge in [0.15, 0.2) is 0 Å². The zero-order chi connectivity index (χ0) is 12.7. The Morgan fingerprint density at radius 3 is 2.35 bits per heavy atom. The number of aliphatic carboxylic acids is 1. The Morgan fingerprint density at radius 2 is 1.82 bits per heavy atom. The largest absolute Gasteiger partial charge is 0.481 e. The molecular weight excluding hydrogens is 242 g/mol. The van der Waals surface area contributed by atoms with E-state index in [1.165, 1.54) is 0 Å². The predicted molar refractivity (Wildman–Crippen MR) is 66.0 cm³/mol. The maximum absolute atomic E-state index is 11.4. The number of amides is 1. The third kappa shape index (κ3) is 5.37. The van der Waals surface area contributed by atoms with Crippen molar-refractivity contribution in [3.8, 4) is 0 Å². The maximum atomic E-state index is 11.4. The van der Waals surface area contributed by atoms with Crippen LogP contribution >= 0.6 is 11.8 Å². The van der Waals surface area contributed by atoms with Gasteiger partial charge in [0, 0.05) is 5.69 Å². The lowest BCUT2D eigenvalue weighted by molar-refractivity contribution is -0.133. The minimum atomic E-state index is -0.935. The van der Waals surface area contributed by atoms with Crippen molar-refractivity contribution in [2.75, 3.05) is 16.8 Å². The third-order valence-corrected chi connectivity index (χ3v) is 2.80. The number of carbonyl (C=O) groups excluding carboxylic acids is 1. The normalized spacial score (nSPS) is 9.94. The number of carboxylic acid groups (broad SMARTS) is 1. The fourth-order valence-corrected chi connectivity index (χ4v) is 1.66. The van der Waals surface area contributed by atoms with Crippen LogP contribution in [0.25, 0.3) is 0 Å². The highest BCUT2D eigenvalue weighted by Crippen LogP contribution is 2.10. The molecule has 0 fully saturated rings. The lowest BCUT2D eigenvalue weighted by Gasteiger charge is -2.05. The van der Waals surface area contributed by atoms with E-state index in [1.54, 1.807) is 24.3 Å². The van der Waals surface area contributed by atoms with E-state index in [0.717, 1.165) is 17.3 Å². The first-order chi connectivity index (χ1) is 8.11. The van der Waals surface area contributed by atoms with Crippen LogP contribution in [0.3, 0.4) is 0 Å². The average molecular weight is 255 g/mol. The summed E-state index contributed by atoms with van der Waals surface area (Å²) in [6.07, 6.45) is 0. The molecule has 0 atom stereocenters. The maximum Gasteiger partial charge on any atom is 0.313 e. The summed E-state index contributed by atoms with van der Waals surface area (Å²) >= 11 is 1.04. The van der Waals surface area contributed by atoms with Crippen molar-refractivity contribution >= 4 is 29.3 Å². The number of thioether (sulfide) groups is 1. The van der Waals surface area contributed by atoms with E-state index in [2.05, 4.69) is 5.32 Å². The number of hydrogen-bond acceptors (Lipinski definition) is 4. The number of carboxylic acids is 1. The van der Waals surface area contributed by atoms with Crippen molar-refractivity contribution in [2.45, 2.75) is 6.61 Å². The quantitative estimate of drug-likeness (QED) is 0.704. The van der Waals surface area contributed by atoms with Gasteiger partial charge in [-0.2, -0.15) is 0 Å². The molecular formula is C11H13NO4S. The zero-order valence-electron chi connectivity index (χ0n) is 9.05. The van der Waals surface area contributed by atoms with Crippen LogP contribution in [0.5, 0.6) is 0 Å². The number of anilines is 1. The highest BCUT2D eigenvalue weighted by Gasteiger charge is 2.04. The van der Waals surface area contributed by atoms with Crippen molar-refractivity contribution in [3.63, 3.8) is 0 Å². The van der Waals surface area contributed by atoms with Crippen LogP contribution in [0.4, 0.5) is 5.69 Å². The SMILES string of the molecule is O=C(O)CSCC(=O)Nc1ccc(CO)cc1. The van der Waals surface area contributed by atoms with Gasteiger partial charge in [0.2, 0.25) is 5.91 Å². The highest BCUT2D eigenvalue weighted by molar-refractivity contribution is 8.00. The van der Waals surface area contributed by atoms with Crippen LogP contribution in [0.15, 0.2) is 24.3 Å². The predicted octanol–water partition coefficient (Wildman–Crippen LogP) is 0.935. The van der Waals surface area contributed by atoms with Crippen LogP contribution in [0.1, 0.15) is 5.56 Å². The summed E-state index contributed by atoms with van der Waals surface area (Å²) in [6.45, 7) is -0.0390. The Bertz CT molecular complexity index is 391. The molecule has 0 heterocycles. The number of hydrogen-bond donors (Lipinski definition) is 3. The van der Waals surface area contributed by atoms with Gasteiger partial charge in [-0.1, -0.05) is 12.1 Å². The Labute approximate surface area is 103 Å². The molecule has 92 valence electrons. The number of rotatable bonds is 6. The second kappa shape index (κ2) is 6.93. The van der Waals surface area contributed by atoms with E-state index < -0.39 is 5.97 Å². The molecule has 0 aliphatic carbocycles. The van der Waals surface area contributed by atoms with Gasteiger partial charge in [-0.25, -0.2) is 0 Å². The first-order valence-electron chi connectivity index (χ1n) is 4.91. The molecule has 0 unspecified atom stereocenters. The number of aliphatic hydroxyl groups excluding tert-OH is 1. The van der Waals surface area contributed by atoms with E-state index in [1.807, 2.05) is 0 Å². The van der Waals surface area contributed by atoms with E-state index in [0.29, 0.717) is 5.69 Å².